The van der Waals surface area contributed by atoms with Gasteiger partial charge in [-0.15, -0.1) is 0 Å². The van der Waals surface area contributed by atoms with Crippen molar-refractivity contribution < 1.29 is 29.9 Å². The van der Waals surface area contributed by atoms with E-state index in [9.17, 15) is 15.3 Å². The number of ether oxygens (including phenoxy) is 2. The maximum atomic E-state index is 9.77. The molecule has 1 saturated heterocycles. The molecule has 1 fully saturated rings. The molecule has 0 aliphatic carbocycles. The summed E-state index contributed by atoms with van der Waals surface area (Å²) >= 11 is 0. The lowest BCUT2D eigenvalue weighted by Gasteiger charge is -2.39. The first-order chi connectivity index (χ1) is 10.1. The Kier molecular flexibility index (Phi) is 9.34. The van der Waals surface area contributed by atoms with E-state index < -0.39 is 37.3 Å². The van der Waals surface area contributed by atoms with Crippen LogP contribution >= 0.6 is 0 Å². The van der Waals surface area contributed by atoms with Gasteiger partial charge in [0.1, 0.15) is 24.4 Å². The maximum Gasteiger partial charge on any atom is 0.186 e. The van der Waals surface area contributed by atoms with Crippen molar-refractivity contribution in [1.29, 1.82) is 0 Å². The Morgan fingerprint density at radius 2 is 1.48 bits per heavy atom. The molecule has 6 N–H and O–H groups in total. The van der Waals surface area contributed by atoms with Crippen molar-refractivity contribution >= 4 is 0 Å². The van der Waals surface area contributed by atoms with Crippen molar-refractivity contribution in [2.75, 3.05) is 19.8 Å². The summed E-state index contributed by atoms with van der Waals surface area (Å²) in [6, 6.07) is 0. The molecule has 0 bridgehead atoms. The lowest BCUT2D eigenvalue weighted by atomic mass is 9.99. The molecule has 0 unspecified atom stereocenters. The Balaban J connectivity index is 2.16. The fourth-order valence-electron chi connectivity index (χ4n) is 2.36. The molecule has 1 heterocycles. The van der Waals surface area contributed by atoms with Crippen LogP contribution < -0.4 is 5.73 Å². The lowest BCUT2D eigenvalue weighted by Crippen LogP contribution is -2.59. The van der Waals surface area contributed by atoms with Gasteiger partial charge in [0.25, 0.3) is 0 Å². The van der Waals surface area contributed by atoms with Gasteiger partial charge < -0.3 is 35.6 Å². The van der Waals surface area contributed by atoms with Crippen molar-refractivity contribution in [3.63, 3.8) is 0 Å². The third kappa shape index (κ3) is 6.15. The second-order valence-electron chi connectivity index (χ2n) is 5.48. The number of nitrogens with two attached hydrogens (primary N) is 1. The summed E-state index contributed by atoms with van der Waals surface area (Å²) in [5.74, 6) is 0. The van der Waals surface area contributed by atoms with Gasteiger partial charge in [0.15, 0.2) is 6.29 Å². The molecule has 0 radical (unpaired) electrons. The molecule has 21 heavy (non-hydrogen) atoms. The summed E-state index contributed by atoms with van der Waals surface area (Å²) in [6.07, 6.45) is 0.347. The van der Waals surface area contributed by atoms with Crippen LogP contribution in [0, 0.1) is 0 Å². The van der Waals surface area contributed by atoms with E-state index in [1.54, 1.807) is 0 Å². The molecule has 0 aromatic carbocycles. The van der Waals surface area contributed by atoms with Gasteiger partial charge in [0, 0.05) is 6.61 Å². The zero-order chi connectivity index (χ0) is 15.7. The minimum Gasteiger partial charge on any atom is -0.394 e. The third-order valence-electron chi connectivity index (χ3n) is 3.73. The van der Waals surface area contributed by atoms with Crippen LogP contribution in [-0.4, -0.2) is 70.9 Å². The highest BCUT2D eigenvalue weighted by molar-refractivity contribution is 4.88. The summed E-state index contributed by atoms with van der Waals surface area (Å²) < 4.78 is 10.6. The Hall–Kier alpha value is -0.280. The maximum absolute atomic E-state index is 9.77. The topological polar surface area (TPSA) is 125 Å². The first-order valence-electron chi connectivity index (χ1n) is 7.74. The first-order valence-corrected chi connectivity index (χ1v) is 7.74. The summed E-state index contributed by atoms with van der Waals surface area (Å²) in [7, 11) is 0. The number of hydrogen-bond donors (Lipinski definition) is 5. The number of hydrogen-bond acceptors (Lipinski definition) is 7. The molecule has 0 amide bonds. The fraction of sp³-hybridized carbons (Fsp3) is 1.00. The number of aliphatic hydroxyl groups excluding tert-OH is 4. The van der Waals surface area contributed by atoms with E-state index >= 15 is 0 Å². The van der Waals surface area contributed by atoms with Crippen molar-refractivity contribution in [2.24, 2.45) is 5.73 Å². The van der Waals surface area contributed by atoms with Crippen LogP contribution in [0.2, 0.25) is 0 Å². The Morgan fingerprint density at radius 3 is 2.10 bits per heavy atom. The summed E-state index contributed by atoms with van der Waals surface area (Å²) in [5, 5.41) is 38.1. The van der Waals surface area contributed by atoms with Crippen molar-refractivity contribution in [3.8, 4) is 0 Å². The SMILES string of the molecule is NCCCCCCCCO[C@H]1O[C@H](CO)[C@@H](O)[C@H](O)[C@@H]1O. The smallest absolute Gasteiger partial charge is 0.186 e. The molecular formula is C14H29NO6. The minimum absolute atomic E-state index is 0.402. The molecule has 126 valence electrons. The van der Waals surface area contributed by atoms with E-state index in [1.807, 2.05) is 0 Å². The largest absolute Gasteiger partial charge is 0.394 e. The molecule has 0 aromatic rings. The lowest BCUT2D eigenvalue weighted by molar-refractivity contribution is -0.301. The molecule has 1 aliphatic rings. The van der Waals surface area contributed by atoms with Gasteiger partial charge in [-0.3, -0.25) is 0 Å². The van der Waals surface area contributed by atoms with E-state index in [2.05, 4.69) is 0 Å². The van der Waals surface area contributed by atoms with Crippen molar-refractivity contribution in [1.82, 2.24) is 0 Å². The molecule has 7 nitrogen and oxygen atoms in total. The van der Waals surface area contributed by atoms with Gasteiger partial charge in [-0.1, -0.05) is 25.7 Å². The van der Waals surface area contributed by atoms with Crippen LogP contribution in [0.3, 0.4) is 0 Å². The second-order valence-corrected chi connectivity index (χ2v) is 5.48. The number of unbranched alkanes of at least 4 members (excludes halogenated alkanes) is 5. The number of rotatable bonds is 10. The average molecular weight is 307 g/mol. The van der Waals surface area contributed by atoms with Crippen LogP contribution in [0.4, 0.5) is 0 Å². The van der Waals surface area contributed by atoms with Gasteiger partial charge in [0.2, 0.25) is 0 Å². The predicted molar refractivity (Wildman–Crippen MR) is 76.5 cm³/mol. The minimum atomic E-state index is -1.38. The molecular weight excluding hydrogens is 278 g/mol. The van der Waals surface area contributed by atoms with E-state index in [4.69, 9.17) is 20.3 Å². The molecule has 5 atom stereocenters. The van der Waals surface area contributed by atoms with Crippen LogP contribution in [0.5, 0.6) is 0 Å². The highest BCUT2D eigenvalue weighted by Gasteiger charge is 2.43. The van der Waals surface area contributed by atoms with Crippen molar-refractivity contribution in [2.45, 2.75) is 69.2 Å². The monoisotopic (exact) mass is 307 g/mol. The molecule has 0 saturated carbocycles. The highest BCUT2D eigenvalue weighted by Crippen LogP contribution is 2.22. The predicted octanol–water partition coefficient (Wildman–Crippen LogP) is -0.898. The van der Waals surface area contributed by atoms with Crippen LogP contribution in [0.25, 0.3) is 0 Å². The van der Waals surface area contributed by atoms with Gasteiger partial charge in [-0.25, -0.2) is 0 Å². The summed E-state index contributed by atoms with van der Waals surface area (Å²) in [4.78, 5) is 0. The second kappa shape index (κ2) is 10.4. The van der Waals surface area contributed by atoms with Crippen molar-refractivity contribution in [3.05, 3.63) is 0 Å². The van der Waals surface area contributed by atoms with E-state index in [0.29, 0.717) is 6.61 Å². The van der Waals surface area contributed by atoms with Gasteiger partial charge in [-0.2, -0.15) is 0 Å². The average Bonchev–Trinajstić information content (AvgIpc) is 2.49. The summed E-state index contributed by atoms with van der Waals surface area (Å²) in [6.45, 7) is 0.700. The first kappa shape index (κ1) is 18.8. The normalized spacial score (nSPS) is 33.3. The van der Waals surface area contributed by atoms with Crippen LogP contribution in [0.15, 0.2) is 0 Å². The van der Waals surface area contributed by atoms with E-state index in [0.717, 1.165) is 45.1 Å². The third-order valence-corrected chi connectivity index (χ3v) is 3.73. The van der Waals surface area contributed by atoms with Gasteiger partial charge in [-0.05, 0) is 19.4 Å². The Labute approximate surface area is 125 Å². The zero-order valence-corrected chi connectivity index (χ0v) is 12.4. The van der Waals surface area contributed by atoms with Gasteiger partial charge in [0.05, 0.1) is 6.61 Å². The molecule has 1 rings (SSSR count). The molecule has 1 aliphatic heterocycles. The standard InChI is InChI=1S/C14H29NO6/c15-7-5-3-1-2-4-6-8-20-14-13(19)12(18)11(17)10(9-16)21-14/h10-14,16-19H,1-9,15H2/t10-,11-,12+,13+,14+/m1/s1. The van der Waals surface area contributed by atoms with Crippen LogP contribution in [0.1, 0.15) is 38.5 Å². The zero-order valence-electron chi connectivity index (χ0n) is 12.4. The summed E-state index contributed by atoms with van der Waals surface area (Å²) in [5.41, 5.74) is 5.42. The highest BCUT2D eigenvalue weighted by atomic mass is 16.7. The van der Waals surface area contributed by atoms with E-state index in [-0.39, 0.29) is 0 Å². The fourth-order valence-corrected chi connectivity index (χ4v) is 2.36. The Morgan fingerprint density at radius 1 is 0.857 bits per heavy atom. The molecule has 0 spiro atoms. The molecule has 0 aromatic heterocycles. The van der Waals surface area contributed by atoms with Gasteiger partial charge >= 0.3 is 0 Å². The van der Waals surface area contributed by atoms with E-state index in [1.165, 1.54) is 0 Å². The Bertz CT molecular complexity index is 266. The van der Waals surface area contributed by atoms with Crippen LogP contribution in [-0.2, 0) is 9.47 Å². The molecule has 7 heteroatoms. The number of aliphatic hydroxyl groups is 4. The quantitative estimate of drug-likeness (QED) is 0.331.